The molecule has 0 atom stereocenters. The van der Waals surface area contributed by atoms with Crippen molar-refractivity contribution in [3.05, 3.63) is 59.7 Å². The van der Waals surface area contributed by atoms with Gasteiger partial charge in [0.1, 0.15) is 12.1 Å². The highest BCUT2D eigenvalue weighted by molar-refractivity contribution is 5.88. The first-order valence-corrected chi connectivity index (χ1v) is 12.5. The van der Waals surface area contributed by atoms with Crippen LogP contribution >= 0.6 is 0 Å². The van der Waals surface area contributed by atoms with Crippen molar-refractivity contribution in [3.8, 4) is 11.1 Å². The van der Waals surface area contributed by atoms with E-state index in [0.717, 1.165) is 19.3 Å². The topological polar surface area (TPSA) is 95.9 Å². The van der Waals surface area contributed by atoms with Crippen LogP contribution in [0.5, 0.6) is 0 Å². The van der Waals surface area contributed by atoms with E-state index in [9.17, 15) is 19.5 Å². The molecule has 5 rings (SSSR count). The molecule has 3 aliphatic carbocycles. The third kappa shape index (κ3) is 4.28. The normalized spacial score (nSPS) is 21.6. The predicted octanol–water partition coefficient (Wildman–Crippen LogP) is 4.41. The van der Waals surface area contributed by atoms with E-state index in [4.69, 9.17) is 4.74 Å². The van der Waals surface area contributed by atoms with Gasteiger partial charge in [-0.3, -0.25) is 4.79 Å². The van der Waals surface area contributed by atoms with E-state index in [-0.39, 0.29) is 17.7 Å². The number of ether oxygens (including phenoxy) is 1. The highest BCUT2D eigenvalue weighted by Gasteiger charge is 2.50. The summed E-state index contributed by atoms with van der Waals surface area (Å²) in [5, 5.41) is 12.4. The Hall–Kier alpha value is -3.35. The number of hydrogen-bond acceptors (Lipinski definition) is 4. The molecule has 0 heterocycles. The van der Waals surface area contributed by atoms with Crippen LogP contribution in [-0.2, 0) is 14.3 Å². The molecule has 7 heteroatoms. The van der Waals surface area contributed by atoms with E-state index in [0.29, 0.717) is 38.3 Å². The monoisotopic (exact) mass is 476 g/mol. The molecule has 0 aromatic heterocycles. The molecule has 3 aliphatic rings. The Balaban J connectivity index is 1.05. The summed E-state index contributed by atoms with van der Waals surface area (Å²) in [7, 11) is 1.62. The quantitative estimate of drug-likeness (QED) is 0.589. The second-order valence-corrected chi connectivity index (χ2v) is 10.3. The van der Waals surface area contributed by atoms with Gasteiger partial charge in [-0.15, -0.1) is 0 Å². The van der Waals surface area contributed by atoms with Gasteiger partial charge in [0.15, 0.2) is 0 Å². The number of fused-ring (bicyclic) bond motifs is 3. The lowest BCUT2D eigenvalue weighted by Crippen LogP contribution is -2.60. The Bertz CT molecular complexity index is 1090. The molecule has 7 nitrogen and oxygen atoms in total. The van der Waals surface area contributed by atoms with Gasteiger partial charge in [0.2, 0.25) is 5.91 Å². The molecular weight excluding hydrogens is 444 g/mol. The predicted molar refractivity (Wildman–Crippen MR) is 131 cm³/mol. The average Bonchev–Trinajstić information content (AvgIpc) is 3.11. The van der Waals surface area contributed by atoms with Gasteiger partial charge in [-0.05, 0) is 66.2 Å². The van der Waals surface area contributed by atoms with Crippen molar-refractivity contribution in [2.75, 3.05) is 20.2 Å². The molecule has 2 aromatic carbocycles. The summed E-state index contributed by atoms with van der Waals surface area (Å²) >= 11 is 0. The van der Waals surface area contributed by atoms with Gasteiger partial charge in [-0.1, -0.05) is 48.5 Å². The van der Waals surface area contributed by atoms with Crippen molar-refractivity contribution in [2.45, 2.75) is 50.0 Å². The van der Waals surface area contributed by atoms with Crippen molar-refractivity contribution in [2.24, 2.45) is 11.8 Å². The van der Waals surface area contributed by atoms with Crippen LogP contribution in [0.3, 0.4) is 0 Å². The van der Waals surface area contributed by atoms with Crippen LogP contribution in [0, 0.1) is 11.8 Å². The molecule has 0 aliphatic heterocycles. The first kappa shape index (κ1) is 23.4. The molecule has 2 fully saturated rings. The fourth-order valence-electron chi connectivity index (χ4n) is 5.91. The van der Waals surface area contributed by atoms with Crippen LogP contribution in [0.2, 0.25) is 0 Å². The van der Waals surface area contributed by atoms with Gasteiger partial charge in [-0.2, -0.15) is 0 Å². The molecule has 0 saturated heterocycles. The first-order valence-electron chi connectivity index (χ1n) is 12.5. The molecule has 2 aromatic rings. The molecule has 0 unspecified atom stereocenters. The van der Waals surface area contributed by atoms with Crippen molar-refractivity contribution >= 4 is 18.0 Å². The van der Waals surface area contributed by atoms with Gasteiger partial charge >= 0.3 is 12.1 Å². The van der Waals surface area contributed by atoms with Gasteiger partial charge < -0.3 is 20.1 Å². The standard InChI is InChI=1S/C28H32N2O5/c1-30(28(26(32)33)11-6-12-28)25(31)15-18-13-19(14-18)16-29-27(34)35-17-24-22-9-4-2-7-20(22)21-8-3-5-10-23(21)24/h2-5,7-10,18-19,24H,6,11-17H2,1H3,(H,29,34)(H,32,33). The molecule has 184 valence electrons. The highest BCUT2D eigenvalue weighted by Crippen LogP contribution is 2.44. The summed E-state index contributed by atoms with van der Waals surface area (Å²) in [6, 6.07) is 16.5. The largest absolute Gasteiger partial charge is 0.479 e. The Morgan fingerprint density at radius 1 is 1.00 bits per heavy atom. The van der Waals surface area contributed by atoms with E-state index in [2.05, 4.69) is 29.6 Å². The number of carboxylic acid groups (broad SMARTS) is 1. The van der Waals surface area contributed by atoms with Crippen molar-refractivity contribution in [3.63, 3.8) is 0 Å². The van der Waals surface area contributed by atoms with Gasteiger partial charge in [0.25, 0.3) is 0 Å². The van der Waals surface area contributed by atoms with Gasteiger partial charge in [0.05, 0.1) is 0 Å². The van der Waals surface area contributed by atoms with Crippen LogP contribution in [-0.4, -0.2) is 53.7 Å². The number of likely N-dealkylation sites (N-methyl/N-ethyl adjacent to an activating group) is 1. The first-order chi connectivity index (χ1) is 16.9. The number of nitrogens with zero attached hydrogens (tertiary/aromatic N) is 1. The number of benzene rings is 2. The zero-order valence-corrected chi connectivity index (χ0v) is 20.0. The number of nitrogens with one attached hydrogen (secondary N) is 1. The third-order valence-electron chi connectivity index (χ3n) is 8.27. The zero-order chi connectivity index (χ0) is 24.6. The second kappa shape index (κ2) is 9.36. The molecular formula is C28H32N2O5. The van der Waals surface area contributed by atoms with Crippen LogP contribution in [0.15, 0.2) is 48.5 Å². The number of carboxylic acids is 1. The Morgan fingerprint density at radius 3 is 2.14 bits per heavy atom. The minimum atomic E-state index is -1.01. The van der Waals surface area contributed by atoms with E-state index in [1.165, 1.54) is 27.2 Å². The maximum Gasteiger partial charge on any atom is 0.407 e. The third-order valence-corrected chi connectivity index (χ3v) is 8.27. The lowest BCUT2D eigenvalue weighted by molar-refractivity contribution is -0.164. The molecule has 2 saturated carbocycles. The van der Waals surface area contributed by atoms with E-state index < -0.39 is 17.6 Å². The zero-order valence-electron chi connectivity index (χ0n) is 20.0. The maximum atomic E-state index is 12.6. The van der Waals surface area contributed by atoms with Gasteiger partial charge in [0, 0.05) is 25.9 Å². The second-order valence-electron chi connectivity index (χ2n) is 10.3. The number of alkyl carbamates (subject to hydrolysis) is 1. The number of carbonyl (C=O) groups excluding carboxylic acids is 2. The number of hydrogen-bond donors (Lipinski definition) is 2. The molecule has 0 bridgehead atoms. The minimum absolute atomic E-state index is 0.0361. The van der Waals surface area contributed by atoms with Crippen LogP contribution < -0.4 is 5.32 Å². The van der Waals surface area contributed by atoms with Gasteiger partial charge in [-0.25, -0.2) is 9.59 Å². The Labute approximate surface area is 205 Å². The van der Waals surface area contributed by atoms with Crippen LogP contribution in [0.25, 0.3) is 11.1 Å². The fraction of sp³-hybridized carbons (Fsp3) is 0.464. The summed E-state index contributed by atoms with van der Waals surface area (Å²) in [5.41, 5.74) is 3.76. The maximum absolute atomic E-state index is 12.6. The van der Waals surface area contributed by atoms with Crippen molar-refractivity contribution < 1.29 is 24.2 Å². The molecule has 0 spiro atoms. The van der Waals surface area contributed by atoms with E-state index in [1.807, 2.05) is 24.3 Å². The SMILES string of the molecule is CN(C(=O)CC1CC(CNC(=O)OCC2c3ccccc3-c3ccccc32)C1)C1(C(=O)O)CCC1. The van der Waals surface area contributed by atoms with Crippen LogP contribution in [0.4, 0.5) is 4.79 Å². The molecule has 0 radical (unpaired) electrons. The summed E-state index contributed by atoms with van der Waals surface area (Å²) < 4.78 is 5.59. The Kier molecular flexibility index (Phi) is 6.26. The lowest BCUT2D eigenvalue weighted by atomic mass is 9.72. The summed E-state index contributed by atoms with van der Waals surface area (Å²) in [6.45, 7) is 0.815. The number of aliphatic carboxylic acids is 1. The lowest BCUT2D eigenvalue weighted by Gasteiger charge is -2.46. The highest BCUT2D eigenvalue weighted by atomic mass is 16.5. The molecule has 2 amide bonds. The summed E-state index contributed by atoms with van der Waals surface area (Å²) in [6.07, 6.45) is 3.56. The number of rotatable bonds is 8. The Morgan fingerprint density at radius 2 is 1.60 bits per heavy atom. The molecule has 35 heavy (non-hydrogen) atoms. The van der Waals surface area contributed by atoms with E-state index in [1.54, 1.807) is 7.05 Å². The van der Waals surface area contributed by atoms with Crippen LogP contribution in [0.1, 0.15) is 55.6 Å². The number of carbonyl (C=O) groups is 3. The fourth-order valence-corrected chi connectivity index (χ4v) is 5.91. The smallest absolute Gasteiger partial charge is 0.407 e. The van der Waals surface area contributed by atoms with Crippen molar-refractivity contribution in [1.29, 1.82) is 0 Å². The molecule has 2 N–H and O–H groups in total. The minimum Gasteiger partial charge on any atom is -0.479 e. The average molecular weight is 477 g/mol. The summed E-state index contributed by atoms with van der Waals surface area (Å²) in [5.74, 6) is -0.409. The number of amides is 2. The van der Waals surface area contributed by atoms with E-state index >= 15 is 0 Å². The van der Waals surface area contributed by atoms with Crippen molar-refractivity contribution in [1.82, 2.24) is 10.2 Å². The summed E-state index contributed by atoms with van der Waals surface area (Å²) in [4.78, 5) is 38.1.